The number of rotatable bonds is 6. The van der Waals surface area contributed by atoms with Gasteiger partial charge in [-0.25, -0.2) is 0 Å². The molecule has 2 fully saturated rings. The van der Waals surface area contributed by atoms with Crippen molar-refractivity contribution in [3.63, 3.8) is 0 Å². The summed E-state index contributed by atoms with van der Waals surface area (Å²) in [6, 6.07) is 4.03. The molecule has 2 saturated heterocycles. The Morgan fingerprint density at radius 1 is 1.23 bits per heavy atom. The highest BCUT2D eigenvalue weighted by Crippen LogP contribution is 2.37. The molecular formula is C19H27ClN2O4. The van der Waals surface area contributed by atoms with E-state index in [0.29, 0.717) is 42.8 Å². The monoisotopic (exact) mass is 382 g/mol. The maximum Gasteiger partial charge on any atom is 0.225 e. The molecular weight excluding hydrogens is 356 g/mol. The number of nitrogens with zero attached hydrogens (tertiary/aromatic N) is 2. The number of amides is 1. The van der Waals surface area contributed by atoms with E-state index in [-0.39, 0.29) is 18.1 Å². The molecule has 144 valence electrons. The zero-order chi connectivity index (χ0) is 18.7. The minimum Gasteiger partial charge on any atom is -0.490 e. The van der Waals surface area contributed by atoms with Crippen LogP contribution in [-0.4, -0.2) is 67.8 Å². The van der Waals surface area contributed by atoms with Crippen molar-refractivity contribution in [1.29, 1.82) is 0 Å². The van der Waals surface area contributed by atoms with Gasteiger partial charge >= 0.3 is 0 Å². The maximum atomic E-state index is 12.1. The Bertz CT molecular complexity index is 655. The molecule has 2 atom stereocenters. The zero-order valence-electron chi connectivity index (χ0n) is 15.7. The summed E-state index contributed by atoms with van der Waals surface area (Å²) >= 11 is 6.42. The van der Waals surface area contributed by atoms with Crippen LogP contribution in [0.3, 0.4) is 0 Å². The minimum atomic E-state index is 0.0657. The standard InChI is InChI=1S/C19H27ClN2O4/c1-4-24-16-9-13(8-14(20)19(16)25-5-2)10-22-11-15-17(12-22)26-7-6-18(23)21(15)3/h8-9,15,17H,4-7,10-12H2,1-3H3/t15-,17-/m0/s1. The van der Waals surface area contributed by atoms with Crippen LogP contribution in [0.1, 0.15) is 25.8 Å². The van der Waals surface area contributed by atoms with Gasteiger partial charge in [0.05, 0.1) is 43.4 Å². The van der Waals surface area contributed by atoms with Gasteiger partial charge < -0.3 is 19.1 Å². The molecule has 0 radical (unpaired) electrons. The average Bonchev–Trinajstić information content (AvgIpc) is 2.94. The lowest BCUT2D eigenvalue weighted by Gasteiger charge is -2.25. The van der Waals surface area contributed by atoms with Gasteiger partial charge in [-0.1, -0.05) is 11.6 Å². The Labute approximate surface area is 159 Å². The first-order valence-electron chi connectivity index (χ1n) is 9.21. The fourth-order valence-corrected chi connectivity index (χ4v) is 3.96. The Hall–Kier alpha value is -1.50. The number of hydrogen-bond acceptors (Lipinski definition) is 5. The smallest absolute Gasteiger partial charge is 0.225 e. The van der Waals surface area contributed by atoms with E-state index in [9.17, 15) is 4.79 Å². The number of hydrogen-bond donors (Lipinski definition) is 0. The van der Waals surface area contributed by atoms with Crippen LogP contribution in [0.15, 0.2) is 12.1 Å². The maximum absolute atomic E-state index is 12.1. The molecule has 1 aromatic carbocycles. The van der Waals surface area contributed by atoms with E-state index in [1.165, 1.54) is 0 Å². The van der Waals surface area contributed by atoms with Crippen molar-refractivity contribution in [1.82, 2.24) is 9.80 Å². The number of halogens is 1. The van der Waals surface area contributed by atoms with Gasteiger partial charge in [-0.15, -0.1) is 0 Å². The van der Waals surface area contributed by atoms with E-state index in [2.05, 4.69) is 4.90 Å². The number of likely N-dealkylation sites (tertiary alicyclic amines) is 1. The molecule has 0 aliphatic carbocycles. The van der Waals surface area contributed by atoms with Gasteiger partial charge in [-0.3, -0.25) is 9.69 Å². The second-order valence-corrected chi connectivity index (χ2v) is 7.10. The molecule has 6 nitrogen and oxygen atoms in total. The van der Waals surface area contributed by atoms with Crippen molar-refractivity contribution in [2.75, 3.05) is 40.0 Å². The quantitative estimate of drug-likeness (QED) is 0.756. The Kier molecular flexibility index (Phi) is 6.27. The predicted molar refractivity (Wildman–Crippen MR) is 100.0 cm³/mol. The average molecular weight is 383 g/mol. The van der Waals surface area contributed by atoms with E-state index >= 15 is 0 Å². The normalized spacial score (nSPS) is 23.7. The van der Waals surface area contributed by atoms with Crippen molar-refractivity contribution in [3.05, 3.63) is 22.7 Å². The molecule has 0 N–H and O–H groups in total. The summed E-state index contributed by atoms with van der Waals surface area (Å²) in [5.74, 6) is 1.43. The van der Waals surface area contributed by atoms with E-state index in [4.69, 9.17) is 25.8 Å². The van der Waals surface area contributed by atoms with Crippen LogP contribution in [0.2, 0.25) is 5.02 Å². The number of benzene rings is 1. The topological polar surface area (TPSA) is 51.2 Å². The second kappa shape index (κ2) is 8.46. The van der Waals surface area contributed by atoms with Crippen LogP contribution in [0.25, 0.3) is 0 Å². The predicted octanol–water partition coefficient (Wildman–Crippen LogP) is 2.57. The van der Waals surface area contributed by atoms with Crippen LogP contribution >= 0.6 is 11.6 Å². The van der Waals surface area contributed by atoms with Crippen molar-refractivity contribution >= 4 is 17.5 Å². The van der Waals surface area contributed by atoms with Gasteiger partial charge in [0.1, 0.15) is 0 Å². The van der Waals surface area contributed by atoms with Crippen molar-refractivity contribution in [2.24, 2.45) is 0 Å². The van der Waals surface area contributed by atoms with E-state index in [0.717, 1.165) is 25.2 Å². The highest BCUT2D eigenvalue weighted by molar-refractivity contribution is 6.32. The second-order valence-electron chi connectivity index (χ2n) is 6.70. The first kappa shape index (κ1) is 19.3. The third kappa shape index (κ3) is 4.08. The van der Waals surface area contributed by atoms with Crippen LogP contribution < -0.4 is 9.47 Å². The lowest BCUT2D eigenvalue weighted by atomic mass is 10.2. The third-order valence-electron chi connectivity index (χ3n) is 4.92. The summed E-state index contributed by atoms with van der Waals surface area (Å²) in [7, 11) is 1.87. The van der Waals surface area contributed by atoms with Gasteiger partial charge in [0.15, 0.2) is 11.5 Å². The van der Waals surface area contributed by atoms with E-state index in [1.807, 2.05) is 37.9 Å². The van der Waals surface area contributed by atoms with E-state index in [1.54, 1.807) is 0 Å². The molecule has 3 rings (SSSR count). The molecule has 0 spiro atoms. The molecule has 0 saturated carbocycles. The zero-order valence-corrected chi connectivity index (χ0v) is 16.4. The Balaban J connectivity index is 1.74. The lowest BCUT2D eigenvalue weighted by Crippen LogP contribution is -2.42. The highest BCUT2D eigenvalue weighted by atomic mass is 35.5. The van der Waals surface area contributed by atoms with Crippen molar-refractivity contribution < 1.29 is 19.0 Å². The molecule has 7 heteroatoms. The molecule has 0 unspecified atom stereocenters. The number of likely N-dealkylation sites (N-methyl/N-ethyl adjacent to an activating group) is 1. The van der Waals surface area contributed by atoms with Gasteiger partial charge in [0, 0.05) is 26.7 Å². The number of carbonyl (C=O) groups excluding carboxylic acids is 1. The summed E-state index contributed by atoms with van der Waals surface area (Å²) in [6.45, 7) is 7.77. The summed E-state index contributed by atoms with van der Waals surface area (Å²) in [5, 5.41) is 0.560. The first-order chi connectivity index (χ1) is 12.5. The van der Waals surface area contributed by atoms with Gasteiger partial charge in [0.2, 0.25) is 5.91 Å². The molecule has 0 aromatic heterocycles. The summed E-state index contributed by atoms with van der Waals surface area (Å²) < 4.78 is 17.2. The molecule has 2 heterocycles. The van der Waals surface area contributed by atoms with Crippen LogP contribution in [0.4, 0.5) is 0 Å². The molecule has 1 aromatic rings. The number of carbonyl (C=O) groups is 1. The number of ether oxygens (including phenoxy) is 3. The molecule has 0 bridgehead atoms. The number of fused-ring (bicyclic) bond motifs is 1. The van der Waals surface area contributed by atoms with Crippen LogP contribution in [0.5, 0.6) is 11.5 Å². The fraction of sp³-hybridized carbons (Fsp3) is 0.632. The van der Waals surface area contributed by atoms with Gasteiger partial charge in [-0.2, -0.15) is 0 Å². The van der Waals surface area contributed by atoms with Crippen molar-refractivity contribution in [2.45, 2.75) is 39.0 Å². The molecule has 2 aliphatic heterocycles. The summed E-state index contributed by atoms with van der Waals surface area (Å²) in [5.41, 5.74) is 1.06. The summed E-state index contributed by atoms with van der Waals surface area (Å²) in [6.07, 6.45) is 0.534. The fourth-order valence-electron chi connectivity index (χ4n) is 3.67. The Morgan fingerprint density at radius 2 is 2.00 bits per heavy atom. The lowest BCUT2D eigenvalue weighted by molar-refractivity contribution is -0.131. The van der Waals surface area contributed by atoms with Crippen LogP contribution in [0, 0.1) is 0 Å². The Morgan fingerprint density at radius 3 is 2.73 bits per heavy atom. The largest absolute Gasteiger partial charge is 0.490 e. The molecule has 26 heavy (non-hydrogen) atoms. The molecule has 2 aliphatic rings. The van der Waals surface area contributed by atoms with Gasteiger partial charge in [-0.05, 0) is 31.5 Å². The first-order valence-corrected chi connectivity index (χ1v) is 9.58. The third-order valence-corrected chi connectivity index (χ3v) is 5.20. The van der Waals surface area contributed by atoms with Gasteiger partial charge in [0.25, 0.3) is 0 Å². The molecule has 1 amide bonds. The highest BCUT2D eigenvalue weighted by Gasteiger charge is 2.39. The van der Waals surface area contributed by atoms with Crippen molar-refractivity contribution in [3.8, 4) is 11.5 Å². The van der Waals surface area contributed by atoms with Crippen LogP contribution in [-0.2, 0) is 16.1 Å². The minimum absolute atomic E-state index is 0.0657. The SMILES string of the molecule is CCOc1cc(CN2C[C@@H]3OCCC(=O)N(C)[C@H]3C2)cc(Cl)c1OCC. The van der Waals surface area contributed by atoms with E-state index < -0.39 is 0 Å². The summed E-state index contributed by atoms with van der Waals surface area (Å²) in [4.78, 5) is 16.2.